The Balaban J connectivity index is 2.34. The molecular formula is C16H19N3S. The Kier molecular flexibility index (Phi) is 3.44. The van der Waals surface area contributed by atoms with E-state index in [9.17, 15) is 0 Å². The standard InChI is InChI=1S/C16H19N3S/c1-3-10-4-5-13-11(8-10)15(16(17)20)12-9-19(2)7-6-14(12)18-13/h4-5,8H,3,6-7,9H2,1-2H3,(H2,17,20). The van der Waals surface area contributed by atoms with Gasteiger partial charge in [-0.05, 0) is 36.7 Å². The van der Waals surface area contributed by atoms with Gasteiger partial charge in [-0.1, -0.05) is 25.2 Å². The van der Waals surface area contributed by atoms with Crippen LogP contribution in [0.3, 0.4) is 0 Å². The minimum Gasteiger partial charge on any atom is -0.389 e. The van der Waals surface area contributed by atoms with E-state index >= 15 is 0 Å². The van der Waals surface area contributed by atoms with Crippen molar-refractivity contribution in [3.8, 4) is 0 Å². The highest BCUT2D eigenvalue weighted by molar-refractivity contribution is 7.80. The van der Waals surface area contributed by atoms with Gasteiger partial charge in [-0.2, -0.15) is 0 Å². The van der Waals surface area contributed by atoms with Crippen LogP contribution in [0.15, 0.2) is 18.2 Å². The molecule has 0 saturated heterocycles. The molecule has 3 nitrogen and oxygen atoms in total. The minimum atomic E-state index is 0.484. The topological polar surface area (TPSA) is 42.1 Å². The van der Waals surface area contributed by atoms with Gasteiger partial charge in [0.2, 0.25) is 0 Å². The van der Waals surface area contributed by atoms with Crippen LogP contribution < -0.4 is 5.73 Å². The van der Waals surface area contributed by atoms with Crippen molar-refractivity contribution in [2.45, 2.75) is 26.3 Å². The van der Waals surface area contributed by atoms with E-state index in [2.05, 4.69) is 37.1 Å². The first-order valence-electron chi connectivity index (χ1n) is 7.03. The molecule has 0 unspecified atom stereocenters. The summed E-state index contributed by atoms with van der Waals surface area (Å²) in [6.45, 7) is 4.07. The zero-order chi connectivity index (χ0) is 14.3. The molecule has 2 aromatic rings. The highest BCUT2D eigenvalue weighted by Crippen LogP contribution is 2.28. The van der Waals surface area contributed by atoms with Crippen molar-refractivity contribution in [2.75, 3.05) is 13.6 Å². The Morgan fingerprint density at radius 3 is 2.95 bits per heavy atom. The first-order chi connectivity index (χ1) is 9.60. The van der Waals surface area contributed by atoms with Gasteiger partial charge in [-0.15, -0.1) is 0 Å². The Labute approximate surface area is 124 Å². The van der Waals surface area contributed by atoms with E-state index in [-0.39, 0.29) is 0 Å². The number of nitrogens with zero attached hydrogens (tertiary/aromatic N) is 2. The van der Waals surface area contributed by atoms with Crippen LogP contribution in [0.5, 0.6) is 0 Å². The number of aryl methyl sites for hydroxylation is 1. The Morgan fingerprint density at radius 2 is 2.25 bits per heavy atom. The second kappa shape index (κ2) is 5.11. The lowest BCUT2D eigenvalue weighted by Gasteiger charge is -2.27. The molecule has 0 amide bonds. The molecule has 0 bridgehead atoms. The lowest BCUT2D eigenvalue weighted by atomic mass is 9.95. The van der Waals surface area contributed by atoms with Gasteiger partial charge in [0.05, 0.1) is 5.52 Å². The molecule has 3 rings (SSSR count). The zero-order valence-corrected chi connectivity index (χ0v) is 12.8. The summed E-state index contributed by atoms with van der Waals surface area (Å²) in [7, 11) is 2.12. The average Bonchev–Trinajstić information content (AvgIpc) is 2.43. The molecule has 0 atom stereocenters. The zero-order valence-electron chi connectivity index (χ0n) is 11.9. The molecular weight excluding hydrogens is 266 g/mol. The lowest BCUT2D eigenvalue weighted by Crippen LogP contribution is -2.30. The fraction of sp³-hybridized carbons (Fsp3) is 0.375. The Morgan fingerprint density at radius 1 is 1.45 bits per heavy atom. The monoisotopic (exact) mass is 285 g/mol. The number of hydrogen-bond acceptors (Lipinski definition) is 3. The first kappa shape index (κ1) is 13.5. The maximum atomic E-state index is 6.03. The average molecular weight is 285 g/mol. The molecule has 0 radical (unpaired) electrons. The molecule has 0 spiro atoms. The molecule has 4 heteroatoms. The van der Waals surface area contributed by atoms with E-state index in [4.69, 9.17) is 22.9 Å². The first-order valence-corrected chi connectivity index (χ1v) is 7.43. The number of aromatic nitrogens is 1. The van der Waals surface area contributed by atoms with Crippen molar-refractivity contribution in [1.29, 1.82) is 0 Å². The molecule has 20 heavy (non-hydrogen) atoms. The summed E-state index contributed by atoms with van der Waals surface area (Å²) in [6, 6.07) is 6.42. The summed E-state index contributed by atoms with van der Waals surface area (Å²) in [6.07, 6.45) is 1.97. The minimum absolute atomic E-state index is 0.484. The van der Waals surface area contributed by atoms with Crippen LogP contribution in [-0.4, -0.2) is 28.5 Å². The van der Waals surface area contributed by atoms with Crippen LogP contribution in [0.25, 0.3) is 10.9 Å². The molecule has 1 aromatic heterocycles. The van der Waals surface area contributed by atoms with Gasteiger partial charge >= 0.3 is 0 Å². The summed E-state index contributed by atoms with van der Waals surface area (Å²) in [5, 5.41) is 1.10. The predicted molar refractivity (Wildman–Crippen MR) is 87.0 cm³/mol. The fourth-order valence-corrected chi connectivity index (χ4v) is 3.16. The van der Waals surface area contributed by atoms with Crippen molar-refractivity contribution in [3.63, 3.8) is 0 Å². The van der Waals surface area contributed by atoms with E-state index in [1.807, 2.05) is 0 Å². The molecule has 0 aliphatic carbocycles. The quantitative estimate of drug-likeness (QED) is 0.861. The van der Waals surface area contributed by atoms with Crippen molar-refractivity contribution in [3.05, 3.63) is 40.6 Å². The molecule has 2 heterocycles. The molecule has 0 fully saturated rings. The van der Waals surface area contributed by atoms with Crippen LogP contribution in [0.1, 0.15) is 29.3 Å². The van der Waals surface area contributed by atoms with Crippen molar-refractivity contribution < 1.29 is 0 Å². The highest BCUT2D eigenvalue weighted by Gasteiger charge is 2.21. The van der Waals surface area contributed by atoms with E-state index in [1.54, 1.807) is 0 Å². The van der Waals surface area contributed by atoms with E-state index in [0.29, 0.717) is 4.99 Å². The van der Waals surface area contributed by atoms with E-state index in [1.165, 1.54) is 11.1 Å². The number of rotatable bonds is 2. The van der Waals surface area contributed by atoms with Crippen molar-refractivity contribution >= 4 is 28.1 Å². The third kappa shape index (κ3) is 2.19. The van der Waals surface area contributed by atoms with Gasteiger partial charge in [-0.3, -0.25) is 4.98 Å². The summed E-state index contributed by atoms with van der Waals surface area (Å²) in [5.41, 5.74) is 11.7. The fourth-order valence-electron chi connectivity index (χ4n) is 2.92. The maximum absolute atomic E-state index is 6.03. The highest BCUT2D eigenvalue weighted by atomic mass is 32.1. The van der Waals surface area contributed by atoms with Gasteiger partial charge in [-0.25, -0.2) is 0 Å². The second-order valence-corrected chi connectivity index (χ2v) is 5.91. The smallest absolute Gasteiger partial charge is 0.105 e. The number of benzene rings is 1. The number of nitrogens with two attached hydrogens (primary N) is 1. The number of hydrogen-bond donors (Lipinski definition) is 1. The normalized spacial score (nSPS) is 15.3. The molecule has 2 N–H and O–H groups in total. The van der Waals surface area contributed by atoms with Gasteiger partial charge in [0.15, 0.2) is 0 Å². The van der Waals surface area contributed by atoms with Crippen molar-refractivity contribution in [1.82, 2.24) is 9.88 Å². The summed E-state index contributed by atoms with van der Waals surface area (Å²) in [5.74, 6) is 0. The summed E-state index contributed by atoms with van der Waals surface area (Å²) < 4.78 is 0. The molecule has 1 aliphatic heterocycles. The Hall–Kier alpha value is -1.52. The van der Waals surface area contributed by atoms with Crippen LogP contribution in [-0.2, 0) is 19.4 Å². The van der Waals surface area contributed by atoms with Crippen LogP contribution in [0.4, 0.5) is 0 Å². The van der Waals surface area contributed by atoms with Gasteiger partial charge in [0, 0.05) is 36.2 Å². The molecule has 104 valence electrons. The molecule has 1 aliphatic rings. The second-order valence-electron chi connectivity index (χ2n) is 5.47. The molecule has 1 aromatic carbocycles. The number of pyridine rings is 1. The van der Waals surface area contributed by atoms with Gasteiger partial charge in [0.1, 0.15) is 4.99 Å². The number of fused-ring (bicyclic) bond motifs is 2. The van der Waals surface area contributed by atoms with Gasteiger partial charge < -0.3 is 10.6 Å². The van der Waals surface area contributed by atoms with Crippen LogP contribution >= 0.6 is 12.2 Å². The van der Waals surface area contributed by atoms with E-state index < -0.39 is 0 Å². The SMILES string of the molecule is CCc1ccc2nc3c(c(C(N)=S)c2c1)CN(C)CC3. The predicted octanol–water partition coefficient (Wildman–Crippen LogP) is 2.42. The van der Waals surface area contributed by atoms with Gasteiger partial charge in [0.25, 0.3) is 0 Å². The lowest BCUT2D eigenvalue weighted by molar-refractivity contribution is 0.310. The Bertz CT molecular complexity index is 694. The van der Waals surface area contributed by atoms with Crippen LogP contribution in [0, 0.1) is 0 Å². The van der Waals surface area contributed by atoms with Crippen molar-refractivity contribution in [2.24, 2.45) is 5.73 Å². The largest absolute Gasteiger partial charge is 0.389 e. The third-order valence-corrected chi connectivity index (χ3v) is 4.25. The number of likely N-dealkylation sites (N-methyl/N-ethyl adjacent to an activating group) is 1. The maximum Gasteiger partial charge on any atom is 0.105 e. The third-order valence-electron chi connectivity index (χ3n) is 4.05. The molecule has 0 saturated carbocycles. The summed E-state index contributed by atoms with van der Waals surface area (Å²) in [4.78, 5) is 7.60. The number of thiocarbonyl (C=S) groups is 1. The van der Waals surface area contributed by atoms with E-state index in [0.717, 1.165) is 48.1 Å². The van der Waals surface area contributed by atoms with Crippen LogP contribution in [0.2, 0.25) is 0 Å². The summed E-state index contributed by atoms with van der Waals surface area (Å²) >= 11 is 5.32.